The predicted octanol–water partition coefficient (Wildman–Crippen LogP) is 1.77. The second kappa shape index (κ2) is 7.78. The molecule has 2 aromatic heterocycles. The summed E-state index contributed by atoms with van der Waals surface area (Å²) >= 11 is 0. The van der Waals surface area contributed by atoms with E-state index in [4.69, 9.17) is 16.9 Å². The summed E-state index contributed by atoms with van der Waals surface area (Å²) in [6, 6.07) is 0.760. The van der Waals surface area contributed by atoms with Crippen LogP contribution in [0.5, 0.6) is 0 Å². The van der Waals surface area contributed by atoms with Crippen LogP contribution in [-0.4, -0.2) is 33.1 Å². The van der Waals surface area contributed by atoms with Crippen molar-refractivity contribution in [1.29, 1.82) is 5.41 Å². The van der Waals surface area contributed by atoms with Crippen molar-refractivity contribution < 1.29 is 18.0 Å². The van der Waals surface area contributed by atoms with E-state index >= 15 is 0 Å². The van der Waals surface area contributed by atoms with E-state index in [1.54, 1.807) is 0 Å². The van der Waals surface area contributed by atoms with Crippen molar-refractivity contribution in [3.8, 4) is 0 Å². The molecule has 0 atom stereocenters. The van der Waals surface area contributed by atoms with E-state index in [0.29, 0.717) is 11.6 Å². The van der Waals surface area contributed by atoms with Gasteiger partial charge < -0.3 is 27.2 Å². The number of carbonyl (C=O) groups excluding carboxylic acids is 1. The van der Waals surface area contributed by atoms with Crippen molar-refractivity contribution in [1.82, 2.24) is 15.0 Å². The van der Waals surface area contributed by atoms with Crippen molar-refractivity contribution in [2.45, 2.75) is 12.6 Å². The number of carbonyl (C=O) groups is 1. The molecule has 0 saturated carbocycles. The Balaban J connectivity index is 2.10. The second-order valence-corrected chi connectivity index (χ2v) is 5.17. The summed E-state index contributed by atoms with van der Waals surface area (Å²) in [7, 11) is 0. The van der Waals surface area contributed by atoms with Gasteiger partial charge in [0, 0.05) is 24.7 Å². The molecule has 0 aliphatic carbocycles. The Morgan fingerprint density at radius 2 is 2.08 bits per heavy atom. The van der Waals surface area contributed by atoms with Crippen molar-refractivity contribution in [3.63, 3.8) is 0 Å². The molecule has 8 nitrogen and oxygen atoms in total. The Morgan fingerprint density at radius 3 is 2.73 bits per heavy atom. The molecule has 26 heavy (non-hydrogen) atoms. The number of aromatic nitrogens is 3. The first kappa shape index (κ1) is 19.1. The third-order valence-corrected chi connectivity index (χ3v) is 3.18. The van der Waals surface area contributed by atoms with Gasteiger partial charge in [0.05, 0.1) is 17.5 Å². The summed E-state index contributed by atoms with van der Waals surface area (Å²) < 4.78 is 38.5. The number of H-pyrrole nitrogens is 1. The molecule has 0 bridgehead atoms. The number of hydrogen-bond donors (Lipinski definition) is 5. The highest BCUT2D eigenvalue weighted by molar-refractivity contribution is 6.08. The van der Waals surface area contributed by atoms with Crippen molar-refractivity contribution >= 4 is 29.3 Å². The van der Waals surface area contributed by atoms with Gasteiger partial charge in [-0.2, -0.15) is 13.2 Å². The number of nitrogens with two attached hydrogens (primary N) is 2. The summed E-state index contributed by atoms with van der Waals surface area (Å²) in [5.74, 6) is -0.297. The van der Waals surface area contributed by atoms with E-state index in [0.717, 1.165) is 12.3 Å². The van der Waals surface area contributed by atoms with E-state index in [1.165, 1.54) is 18.3 Å². The summed E-state index contributed by atoms with van der Waals surface area (Å²) in [6.45, 7) is 0.208. The molecular formula is C15H16F3N7O. The minimum Gasteiger partial charge on any atom is -0.383 e. The zero-order chi connectivity index (χ0) is 19.3. The SMILES string of the molecule is N=C(/C=C\c1ncc(NC(=O)CCN)[nH]1)c1cnc(N)c(C(F)(F)F)c1. The molecule has 0 fully saturated rings. The van der Waals surface area contributed by atoms with Gasteiger partial charge in [-0.1, -0.05) is 0 Å². The molecule has 0 radical (unpaired) electrons. The number of hydrogen-bond acceptors (Lipinski definition) is 6. The molecule has 0 saturated heterocycles. The van der Waals surface area contributed by atoms with Crippen molar-refractivity contribution in [3.05, 3.63) is 41.5 Å². The van der Waals surface area contributed by atoms with Gasteiger partial charge in [-0.3, -0.25) is 4.79 Å². The van der Waals surface area contributed by atoms with Gasteiger partial charge in [-0.05, 0) is 18.2 Å². The zero-order valence-electron chi connectivity index (χ0n) is 13.4. The Labute approximate surface area is 146 Å². The fraction of sp³-hybridized carbons (Fsp3) is 0.200. The molecule has 2 heterocycles. The number of anilines is 2. The lowest BCUT2D eigenvalue weighted by Crippen LogP contribution is -2.16. The molecule has 2 aromatic rings. The standard InChI is InChI=1S/C15H16F3N7O/c16-15(17,18)9-5-8(6-23-14(9)21)10(20)1-2-11-22-7-12(24-11)25-13(26)3-4-19/h1-2,5-7,20H,3-4,19H2,(H2,21,23)(H,22,24)(H,25,26)/b2-1-,20-10?. The zero-order valence-corrected chi connectivity index (χ0v) is 13.4. The number of imidazole rings is 1. The second-order valence-electron chi connectivity index (χ2n) is 5.17. The highest BCUT2D eigenvalue weighted by Gasteiger charge is 2.34. The van der Waals surface area contributed by atoms with Crippen LogP contribution < -0.4 is 16.8 Å². The number of nitrogens with one attached hydrogen (secondary N) is 3. The molecule has 138 valence electrons. The highest BCUT2D eigenvalue weighted by atomic mass is 19.4. The molecule has 0 aliphatic rings. The third-order valence-electron chi connectivity index (χ3n) is 3.18. The number of nitrogens with zero attached hydrogens (tertiary/aromatic N) is 2. The molecule has 11 heteroatoms. The lowest BCUT2D eigenvalue weighted by Gasteiger charge is -2.10. The molecule has 7 N–H and O–H groups in total. The fourth-order valence-electron chi connectivity index (χ4n) is 1.94. The normalized spacial score (nSPS) is 11.7. The lowest BCUT2D eigenvalue weighted by atomic mass is 10.1. The van der Waals surface area contributed by atoms with Crippen LogP contribution in [0.3, 0.4) is 0 Å². The molecular weight excluding hydrogens is 351 g/mol. The highest BCUT2D eigenvalue weighted by Crippen LogP contribution is 2.33. The number of rotatable bonds is 6. The van der Waals surface area contributed by atoms with Crippen LogP contribution in [-0.2, 0) is 11.0 Å². The van der Waals surface area contributed by atoms with Crippen LogP contribution in [0.1, 0.15) is 23.4 Å². The Morgan fingerprint density at radius 1 is 1.35 bits per heavy atom. The number of halogens is 3. The lowest BCUT2D eigenvalue weighted by molar-refractivity contribution is -0.137. The van der Waals surface area contributed by atoms with Gasteiger partial charge in [-0.25, -0.2) is 9.97 Å². The minimum absolute atomic E-state index is 0.0502. The molecule has 0 unspecified atom stereocenters. The summed E-state index contributed by atoms with van der Waals surface area (Å²) in [6.07, 6.45) is 0.569. The molecule has 2 rings (SSSR count). The number of allylic oxidation sites excluding steroid dienone is 1. The maximum atomic E-state index is 12.8. The minimum atomic E-state index is -4.66. The van der Waals surface area contributed by atoms with Crippen LogP contribution in [0, 0.1) is 5.41 Å². The Hall–Kier alpha value is -3.21. The molecule has 0 aliphatic heterocycles. The van der Waals surface area contributed by atoms with Gasteiger partial charge in [0.1, 0.15) is 17.5 Å². The number of pyridine rings is 1. The molecule has 0 aromatic carbocycles. The number of aromatic amines is 1. The predicted molar refractivity (Wildman–Crippen MR) is 90.4 cm³/mol. The van der Waals surface area contributed by atoms with E-state index in [9.17, 15) is 18.0 Å². The number of nitrogen functional groups attached to an aromatic ring is 1. The molecule has 1 amide bonds. The summed E-state index contributed by atoms with van der Waals surface area (Å²) in [4.78, 5) is 21.6. The number of amides is 1. The first-order chi connectivity index (χ1) is 12.2. The van der Waals surface area contributed by atoms with E-state index < -0.39 is 17.6 Å². The smallest absolute Gasteiger partial charge is 0.383 e. The quantitative estimate of drug-likeness (QED) is 0.494. The van der Waals surface area contributed by atoms with Crippen LogP contribution in [0.2, 0.25) is 0 Å². The van der Waals surface area contributed by atoms with Crippen LogP contribution >= 0.6 is 0 Å². The topological polar surface area (TPSA) is 147 Å². The monoisotopic (exact) mass is 367 g/mol. The van der Waals surface area contributed by atoms with Crippen molar-refractivity contribution in [2.24, 2.45) is 5.73 Å². The van der Waals surface area contributed by atoms with Gasteiger partial charge in [0.2, 0.25) is 5.91 Å². The maximum absolute atomic E-state index is 12.8. The Bertz CT molecular complexity index is 842. The average Bonchev–Trinajstić information content (AvgIpc) is 2.99. The van der Waals surface area contributed by atoms with Crippen molar-refractivity contribution in [2.75, 3.05) is 17.6 Å². The van der Waals surface area contributed by atoms with Gasteiger partial charge in [0.25, 0.3) is 0 Å². The van der Waals surface area contributed by atoms with Crippen LogP contribution in [0.15, 0.2) is 24.5 Å². The maximum Gasteiger partial charge on any atom is 0.419 e. The number of alkyl halides is 3. The van der Waals surface area contributed by atoms with Gasteiger partial charge in [0.15, 0.2) is 0 Å². The summed E-state index contributed by atoms with van der Waals surface area (Å²) in [5.41, 5.74) is 9.13. The molecule has 0 spiro atoms. The van der Waals surface area contributed by atoms with E-state index in [1.807, 2.05) is 0 Å². The first-order valence-electron chi connectivity index (χ1n) is 7.35. The van der Waals surface area contributed by atoms with Crippen LogP contribution in [0.4, 0.5) is 24.8 Å². The first-order valence-corrected chi connectivity index (χ1v) is 7.35. The van der Waals surface area contributed by atoms with E-state index in [2.05, 4.69) is 20.3 Å². The fourth-order valence-corrected chi connectivity index (χ4v) is 1.94. The van der Waals surface area contributed by atoms with Crippen LogP contribution in [0.25, 0.3) is 6.08 Å². The average molecular weight is 367 g/mol. The van der Waals surface area contributed by atoms with E-state index in [-0.39, 0.29) is 30.1 Å². The van der Waals surface area contributed by atoms with Gasteiger partial charge in [-0.15, -0.1) is 0 Å². The summed E-state index contributed by atoms with van der Waals surface area (Å²) in [5, 5.41) is 10.4. The third kappa shape index (κ3) is 4.89. The Kier molecular flexibility index (Phi) is 5.72. The van der Waals surface area contributed by atoms with Gasteiger partial charge >= 0.3 is 6.18 Å². The largest absolute Gasteiger partial charge is 0.419 e.